The van der Waals surface area contributed by atoms with Crippen LogP contribution in [0.1, 0.15) is 20.8 Å². The first-order chi connectivity index (χ1) is 6.83. The van der Waals surface area contributed by atoms with E-state index in [1.165, 1.54) is 4.90 Å². The lowest BCUT2D eigenvalue weighted by atomic mass is 9.96. The molecule has 1 unspecified atom stereocenters. The van der Waals surface area contributed by atoms with Crippen LogP contribution in [0.25, 0.3) is 0 Å². The number of ether oxygens (including phenoxy) is 1. The molecule has 1 aliphatic rings. The second kappa shape index (κ2) is 4.68. The molecule has 0 aromatic rings. The molecule has 0 aromatic carbocycles. The fourth-order valence-electron chi connectivity index (χ4n) is 1.34. The van der Waals surface area contributed by atoms with Crippen molar-refractivity contribution in [3.63, 3.8) is 0 Å². The highest BCUT2D eigenvalue weighted by Crippen LogP contribution is 2.24. The molecule has 5 heteroatoms. The number of carbonyl (C=O) groups is 1. The van der Waals surface area contributed by atoms with Crippen LogP contribution in [0.3, 0.4) is 0 Å². The minimum Gasteiger partial charge on any atom is -0.444 e. The smallest absolute Gasteiger partial charge is 0.410 e. The predicted molar refractivity (Wildman–Crippen MR) is 60.0 cm³/mol. The maximum atomic E-state index is 13.1. The van der Waals surface area contributed by atoms with Crippen molar-refractivity contribution >= 4 is 22.0 Å². The Morgan fingerprint density at radius 3 is 2.53 bits per heavy atom. The van der Waals surface area contributed by atoms with E-state index in [0.717, 1.165) is 0 Å². The van der Waals surface area contributed by atoms with Crippen LogP contribution in [0.15, 0.2) is 0 Å². The lowest BCUT2D eigenvalue weighted by Gasteiger charge is -2.40. The summed E-state index contributed by atoms with van der Waals surface area (Å²) in [4.78, 5) is 13.0. The molecule has 0 N–H and O–H groups in total. The van der Waals surface area contributed by atoms with Crippen molar-refractivity contribution < 1.29 is 13.9 Å². The lowest BCUT2D eigenvalue weighted by molar-refractivity contribution is -0.0122. The second-order valence-electron chi connectivity index (χ2n) is 4.82. The van der Waals surface area contributed by atoms with Gasteiger partial charge in [-0.3, -0.25) is 0 Å². The van der Waals surface area contributed by atoms with Gasteiger partial charge in [0.1, 0.15) is 11.8 Å². The van der Waals surface area contributed by atoms with E-state index in [-0.39, 0.29) is 12.0 Å². The van der Waals surface area contributed by atoms with Crippen LogP contribution in [-0.2, 0) is 4.74 Å². The molecule has 0 saturated carbocycles. The van der Waals surface area contributed by atoms with Crippen molar-refractivity contribution in [2.45, 2.75) is 32.5 Å². The highest BCUT2D eigenvalue weighted by Gasteiger charge is 2.37. The molecule has 1 fully saturated rings. The van der Waals surface area contributed by atoms with Gasteiger partial charge in [-0.1, -0.05) is 15.9 Å². The van der Waals surface area contributed by atoms with Crippen molar-refractivity contribution in [3.05, 3.63) is 0 Å². The Hall–Kier alpha value is -0.320. The molecule has 15 heavy (non-hydrogen) atoms. The van der Waals surface area contributed by atoms with Gasteiger partial charge >= 0.3 is 6.09 Å². The largest absolute Gasteiger partial charge is 0.444 e. The van der Waals surface area contributed by atoms with Crippen molar-refractivity contribution in [2.75, 3.05) is 18.4 Å². The minimum absolute atomic E-state index is 0.0445. The van der Waals surface area contributed by atoms with E-state index in [0.29, 0.717) is 18.4 Å². The Balaban J connectivity index is 2.30. The maximum absolute atomic E-state index is 13.1. The van der Waals surface area contributed by atoms with Crippen LogP contribution in [0.5, 0.6) is 0 Å². The summed E-state index contributed by atoms with van der Waals surface area (Å²) in [5.41, 5.74) is -0.479. The predicted octanol–water partition coefficient (Wildman–Crippen LogP) is 2.59. The topological polar surface area (TPSA) is 29.5 Å². The summed E-state index contributed by atoms with van der Waals surface area (Å²) in [7, 11) is 0. The minimum atomic E-state index is -0.872. The standard InChI is InChI=1S/C10H17BrFNO2/c1-10(2,3)15-9(14)13-5-7(6-13)8(12)4-11/h7-8H,4-6H2,1-3H3. The first-order valence-corrected chi connectivity index (χ1v) is 6.13. The van der Waals surface area contributed by atoms with E-state index < -0.39 is 11.8 Å². The molecule has 0 spiro atoms. The van der Waals surface area contributed by atoms with Crippen LogP contribution in [0.4, 0.5) is 9.18 Å². The van der Waals surface area contributed by atoms with Crippen LogP contribution >= 0.6 is 15.9 Å². The molecule has 1 amide bonds. The summed E-state index contributed by atoms with van der Waals surface area (Å²) < 4.78 is 18.3. The van der Waals surface area contributed by atoms with E-state index in [1.54, 1.807) is 0 Å². The molecule has 0 aromatic heterocycles. The molecule has 3 nitrogen and oxygen atoms in total. The zero-order chi connectivity index (χ0) is 11.6. The molecule has 1 saturated heterocycles. The lowest BCUT2D eigenvalue weighted by Crippen LogP contribution is -2.54. The molecule has 1 atom stereocenters. The van der Waals surface area contributed by atoms with Crippen molar-refractivity contribution in [3.8, 4) is 0 Å². The number of halogens is 2. The molecule has 88 valence electrons. The maximum Gasteiger partial charge on any atom is 0.410 e. The van der Waals surface area contributed by atoms with Gasteiger partial charge < -0.3 is 9.64 Å². The number of hydrogen-bond donors (Lipinski definition) is 0. The van der Waals surface area contributed by atoms with Crippen LogP contribution in [-0.4, -0.2) is 41.2 Å². The third-order valence-electron chi connectivity index (χ3n) is 2.22. The summed E-state index contributed by atoms with van der Waals surface area (Å²) in [6.45, 7) is 6.37. The molecule has 0 aliphatic carbocycles. The Morgan fingerprint density at radius 2 is 2.13 bits per heavy atom. The van der Waals surface area contributed by atoms with Gasteiger partial charge in [-0.05, 0) is 20.8 Å². The first-order valence-electron chi connectivity index (χ1n) is 5.01. The Bertz CT molecular complexity index is 236. The van der Waals surface area contributed by atoms with Crippen molar-refractivity contribution in [1.29, 1.82) is 0 Å². The van der Waals surface area contributed by atoms with E-state index in [4.69, 9.17) is 4.74 Å². The SMILES string of the molecule is CC(C)(C)OC(=O)N1CC(C(F)CBr)C1. The molecular weight excluding hydrogens is 265 g/mol. The molecule has 0 bridgehead atoms. The van der Waals surface area contributed by atoms with Gasteiger partial charge in [0.25, 0.3) is 0 Å². The van der Waals surface area contributed by atoms with Crippen LogP contribution in [0, 0.1) is 5.92 Å². The van der Waals surface area contributed by atoms with Gasteiger partial charge in [-0.25, -0.2) is 9.18 Å². The van der Waals surface area contributed by atoms with Gasteiger partial charge in [0.15, 0.2) is 0 Å². The van der Waals surface area contributed by atoms with Gasteiger partial charge in [0, 0.05) is 24.3 Å². The van der Waals surface area contributed by atoms with E-state index in [2.05, 4.69) is 15.9 Å². The summed E-state index contributed by atoms with van der Waals surface area (Å²) in [5, 5.41) is 0.333. The van der Waals surface area contributed by atoms with Crippen molar-refractivity contribution in [2.24, 2.45) is 5.92 Å². The quantitative estimate of drug-likeness (QED) is 0.729. The van der Waals surface area contributed by atoms with Crippen LogP contribution in [0.2, 0.25) is 0 Å². The number of rotatable bonds is 2. The Morgan fingerprint density at radius 1 is 1.60 bits per heavy atom. The molecule has 1 aliphatic heterocycles. The second-order valence-corrected chi connectivity index (χ2v) is 5.46. The number of likely N-dealkylation sites (tertiary alicyclic amines) is 1. The van der Waals surface area contributed by atoms with E-state index in [1.807, 2.05) is 20.8 Å². The third kappa shape index (κ3) is 3.63. The monoisotopic (exact) mass is 281 g/mol. The first kappa shape index (κ1) is 12.7. The normalized spacial score (nSPS) is 19.7. The molecule has 1 rings (SSSR count). The summed E-state index contributed by atoms with van der Waals surface area (Å²) in [5.74, 6) is -0.0445. The average molecular weight is 282 g/mol. The average Bonchev–Trinajstić information content (AvgIpc) is 1.97. The molecule has 0 radical (unpaired) electrons. The van der Waals surface area contributed by atoms with Gasteiger partial charge in [0.05, 0.1) is 0 Å². The molecule has 1 heterocycles. The number of alkyl halides is 2. The summed E-state index contributed by atoms with van der Waals surface area (Å²) in [6.07, 6.45) is -1.22. The van der Waals surface area contributed by atoms with Gasteiger partial charge in [0.2, 0.25) is 0 Å². The Kier molecular flexibility index (Phi) is 3.98. The summed E-state index contributed by atoms with van der Waals surface area (Å²) >= 11 is 3.09. The summed E-state index contributed by atoms with van der Waals surface area (Å²) in [6, 6.07) is 0. The van der Waals surface area contributed by atoms with Crippen molar-refractivity contribution in [1.82, 2.24) is 4.90 Å². The molecular formula is C10H17BrFNO2. The van der Waals surface area contributed by atoms with Gasteiger partial charge in [-0.2, -0.15) is 0 Å². The number of hydrogen-bond acceptors (Lipinski definition) is 2. The Labute approximate surface area is 98.1 Å². The highest BCUT2D eigenvalue weighted by atomic mass is 79.9. The zero-order valence-electron chi connectivity index (χ0n) is 9.30. The van der Waals surface area contributed by atoms with E-state index in [9.17, 15) is 9.18 Å². The van der Waals surface area contributed by atoms with E-state index >= 15 is 0 Å². The van der Waals surface area contributed by atoms with Crippen LogP contribution < -0.4 is 0 Å². The fraction of sp³-hybridized carbons (Fsp3) is 0.900. The number of carbonyl (C=O) groups excluding carboxylic acids is 1. The third-order valence-corrected chi connectivity index (χ3v) is 2.84. The fourth-order valence-corrected chi connectivity index (χ4v) is 1.87. The number of nitrogens with zero attached hydrogens (tertiary/aromatic N) is 1. The van der Waals surface area contributed by atoms with Gasteiger partial charge in [-0.15, -0.1) is 0 Å². The highest BCUT2D eigenvalue weighted by molar-refractivity contribution is 9.09. The zero-order valence-corrected chi connectivity index (χ0v) is 10.9. The number of amides is 1.